The van der Waals surface area contributed by atoms with Crippen molar-refractivity contribution in [3.8, 4) is 5.75 Å². The fraction of sp³-hybridized carbons (Fsp3) is 0.500. The first-order valence-corrected chi connectivity index (χ1v) is 17.2. The van der Waals surface area contributed by atoms with Gasteiger partial charge in [0.15, 0.2) is 18.9 Å². The van der Waals surface area contributed by atoms with Gasteiger partial charge in [-0.3, -0.25) is 28.4 Å². The molecule has 2 atom stereocenters. The number of pyridine rings is 1. The Morgan fingerprint density at radius 2 is 1.74 bits per heavy atom. The number of benzene rings is 1. The molecular weight excluding hydrogens is 598 g/mol. The second-order valence-electron chi connectivity index (χ2n) is 11.1. The number of aromatic nitrogens is 1. The van der Waals surface area contributed by atoms with E-state index in [1.165, 1.54) is 11.2 Å². The van der Waals surface area contributed by atoms with E-state index < -0.39 is 72.6 Å². The maximum Gasteiger partial charge on any atom is 0.325 e. The molecule has 0 radical (unpaired) electrons. The van der Waals surface area contributed by atoms with Crippen LogP contribution in [0.2, 0.25) is 0 Å². The largest absolute Gasteiger partial charge is 0.503 e. The van der Waals surface area contributed by atoms with E-state index in [0.29, 0.717) is 6.07 Å². The van der Waals surface area contributed by atoms with E-state index in [1.807, 2.05) is 0 Å². The first kappa shape index (κ1) is 33.8. The summed E-state index contributed by atoms with van der Waals surface area (Å²) in [4.78, 5) is 69.6. The van der Waals surface area contributed by atoms with Crippen LogP contribution in [0.1, 0.15) is 53.1 Å². The van der Waals surface area contributed by atoms with Crippen molar-refractivity contribution >= 4 is 26.7 Å². The molecule has 16 heteroatoms. The van der Waals surface area contributed by atoms with Gasteiger partial charge >= 0.3 is 7.60 Å². The predicted molar refractivity (Wildman–Crippen MR) is 150 cm³/mol. The lowest BCUT2D eigenvalue weighted by atomic mass is 9.75. The first-order valence-electron chi connectivity index (χ1n) is 13.1. The monoisotopic (exact) mass is 633 g/mol. The Balaban J connectivity index is 1.94. The average Bonchev–Trinajstić information content (AvgIpc) is 2.85. The van der Waals surface area contributed by atoms with Gasteiger partial charge in [-0.2, -0.15) is 0 Å². The van der Waals surface area contributed by atoms with Gasteiger partial charge < -0.3 is 29.7 Å². The van der Waals surface area contributed by atoms with Gasteiger partial charge in [-0.05, 0) is 32.0 Å². The minimum atomic E-state index is -4.31. The molecule has 1 aliphatic heterocycles. The number of hydrogen-bond acceptors (Lipinski definition) is 7. The number of fused-ring (bicyclic) bond motifs is 1. The highest BCUT2D eigenvalue weighted by Crippen LogP contribution is 2.40. The molecule has 0 saturated heterocycles. The third-order valence-electron chi connectivity index (χ3n) is 7.31. The maximum absolute atomic E-state index is 14.0. The van der Waals surface area contributed by atoms with Gasteiger partial charge in [0.2, 0.25) is 5.43 Å². The van der Waals surface area contributed by atoms with Crippen molar-refractivity contribution in [3.63, 3.8) is 0 Å². The summed E-state index contributed by atoms with van der Waals surface area (Å²) in [6.45, 7) is 4.33. The lowest BCUT2D eigenvalue weighted by Gasteiger charge is -2.45. The van der Waals surface area contributed by atoms with Crippen LogP contribution in [0.3, 0.4) is 0 Å². The molecule has 0 aliphatic carbocycles. The van der Waals surface area contributed by atoms with Gasteiger partial charge in [-0.1, -0.05) is 19.9 Å². The van der Waals surface area contributed by atoms with Crippen LogP contribution in [0.15, 0.2) is 29.2 Å². The van der Waals surface area contributed by atoms with Crippen LogP contribution < -0.4 is 10.7 Å². The van der Waals surface area contributed by atoms with Gasteiger partial charge in [0.25, 0.3) is 5.91 Å². The highest BCUT2D eigenvalue weighted by Gasteiger charge is 2.47. The standard InChI is InChI=1S/C26H35F2N3O9P2/c1-26(2)20(30(8-4-10-41(3,36)37)9-5-11-42(38,39)40)15-31-14-18(22(32)23(33)21(31)24(26)34)25(35)29-13-16-6-7-17(27)12-19(16)28/h6-7,12,14,20,33H,4-5,8-11,13,15H2,1-3H3,(H,29,35)(H,36,37)(H2,38,39,40). The van der Waals surface area contributed by atoms with Crippen molar-refractivity contribution in [2.75, 3.05) is 32.1 Å². The number of nitrogens with zero attached hydrogens (tertiary/aromatic N) is 2. The number of amides is 1. The molecule has 0 fully saturated rings. The van der Waals surface area contributed by atoms with Crippen molar-refractivity contribution in [2.45, 2.75) is 45.8 Å². The van der Waals surface area contributed by atoms with E-state index >= 15 is 0 Å². The Morgan fingerprint density at radius 3 is 2.31 bits per heavy atom. The molecule has 2 unspecified atom stereocenters. The molecule has 12 nitrogen and oxygen atoms in total. The lowest BCUT2D eigenvalue weighted by molar-refractivity contribution is 0.0403. The maximum atomic E-state index is 14.0. The molecule has 1 amide bonds. The zero-order valence-electron chi connectivity index (χ0n) is 23.4. The molecule has 0 saturated carbocycles. The summed E-state index contributed by atoms with van der Waals surface area (Å²) in [7, 11) is -7.67. The highest BCUT2D eigenvalue weighted by atomic mass is 31.2. The minimum absolute atomic E-state index is 0.0202. The van der Waals surface area contributed by atoms with E-state index in [9.17, 15) is 52.1 Å². The number of hydrogen-bond donors (Lipinski definition) is 5. The number of aromatic hydroxyl groups is 1. The number of nitrogens with one attached hydrogen (secondary N) is 1. The van der Waals surface area contributed by atoms with Crippen molar-refractivity contribution in [2.24, 2.45) is 5.41 Å². The topological polar surface area (TPSA) is 186 Å². The average molecular weight is 634 g/mol. The van der Waals surface area contributed by atoms with Crippen LogP contribution in [0.4, 0.5) is 8.78 Å². The third-order valence-corrected chi connectivity index (χ3v) is 9.36. The number of rotatable bonds is 12. The second kappa shape index (κ2) is 12.9. The molecular formula is C26H35F2N3O9P2. The number of carbonyl (C=O) groups excluding carboxylic acids is 2. The van der Waals surface area contributed by atoms with Crippen molar-refractivity contribution in [1.29, 1.82) is 0 Å². The molecule has 5 N–H and O–H groups in total. The lowest BCUT2D eigenvalue weighted by Crippen LogP contribution is -2.56. The van der Waals surface area contributed by atoms with E-state index in [-0.39, 0.29) is 56.4 Å². The summed E-state index contributed by atoms with van der Waals surface area (Å²) in [6, 6.07) is 2.11. The molecule has 1 aromatic carbocycles. The smallest absolute Gasteiger partial charge is 0.325 e. The quantitative estimate of drug-likeness (QED) is 0.218. The summed E-state index contributed by atoms with van der Waals surface area (Å²) in [5, 5.41) is 13.1. The van der Waals surface area contributed by atoms with E-state index in [2.05, 4.69) is 5.32 Å². The molecule has 3 rings (SSSR count). The van der Waals surface area contributed by atoms with Crippen LogP contribution >= 0.6 is 15.0 Å². The summed E-state index contributed by atoms with van der Waals surface area (Å²) in [5.74, 6) is -4.23. The van der Waals surface area contributed by atoms with Gasteiger partial charge in [0.1, 0.15) is 22.9 Å². The Kier molecular flexibility index (Phi) is 10.3. The fourth-order valence-electron chi connectivity index (χ4n) is 5.04. The summed E-state index contributed by atoms with van der Waals surface area (Å²) >= 11 is 0. The molecule has 1 aliphatic rings. The molecule has 42 heavy (non-hydrogen) atoms. The minimum Gasteiger partial charge on any atom is -0.503 e. The molecule has 1 aromatic heterocycles. The normalized spacial score (nSPS) is 18.0. The van der Waals surface area contributed by atoms with Gasteiger partial charge in [0.05, 0.1) is 6.16 Å². The third kappa shape index (κ3) is 8.21. The van der Waals surface area contributed by atoms with Crippen molar-refractivity contribution in [1.82, 2.24) is 14.8 Å². The zero-order valence-corrected chi connectivity index (χ0v) is 25.2. The SMILES string of the molecule is CC1(C)C(=O)c2c(O)c(=O)c(C(=O)NCc3ccc(F)cc3F)cn2CC1N(CCCP(C)(=O)O)CCCP(=O)(O)O. The highest BCUT2D eigenvalue weighted by molar-refractivity contribution is 7.57. The number of ketones is 1. The summed E-state index contributed by atoms with van der Waals surface area (Å²) < 4.78 is 51.8. The Bertz CT molecular complexity index is 1490. The summed E-state index contributed by atoms with van der Waals surface area (Å²) in [5.41, 5.74) is -3.21. The van der Waals surface area contributed by atoms with Crippen molar-refractivity contribution in [3.05, 3.63) is 63.1 Å². The van der Waals surface area contributed by atoms with E-state index in [4.69, 9.17) is 0 Å². The molecule has 2 aromatic rings. The van der Waals surface area contributed by atoms with Crippen LogP contribution in [0.25, 0.3) is 0 Å². The van der Waals surface area contributed by atoms with E-state index in [0.717, 1.165) is 18.3 Å². The van der Waals surface area contributed by atoms with Crippen LogP contribution in [-0.2, 0) is 22.2 Å². The van der Waals surface area contributed by atoms with E-state index in [1.54, 1.807) is 18.7 Å². The van der Waals surface area contributed by atoms with Gasteiger partial charge in [0, 0.05) is 55.2 Å². The Labute approximate surface area is 241 Å². The summed E-state index contributed by atoms with van der Waals surface area (Å²) in [6.07, 6.45) is 0.975. The number of Topliss-reactive ketones (excluding diaryl/α,β-unsaturated/α-hetero) is 1. The fourth-order valence-corrected chi connectivity index (χ4v) is 6.32. The van der Waals surface area contributed by atoms with Crippen molar-refractivity contribution < 1.29 is 47.3 Å². The Morgan fingerprint density at radius 1 is 1.12 bits per heavy atom. The molecule has 232 valence electrons. The van der Waals surface area contributed by atoms with Gasteiger partial charge in [-0.15, -0.1) is 0 Å². The molecule has 2 heterocycles. The first-order chi connectivity index (χ1) is 19.3. The van der Waals surface area contributed by atoms with Gasteiger partial charge in [-0.25, -0.2) is 8.78 Å². The second-order valence-corrected chi connectivity index (χ2v) is 15.4. The predicted octanol–water partition coefficient (Wildman–Crippen LogP) is 2.51. The molecule has 0 bridgehead atoms. The molecule has 0 spiro atoms. The van der Waals surface area contributed by atoms with Crippen LogP contribution in [0.5, 0.6) is 5.75 Å². The Hall–Kier alpha value is -2.73. The van der Waals surface area contributed by atoms with Crippen LogP contribution in [-0.4, -0.2) is 79.1 Å². The zero-order chi connectivity index (χ0) is 31.6. The number of halogens is 2. The van der Waals surface area contributed by atoms with Crippen LogP contribution in [0, 0.1) is 17.0 Å². The number of carbonyl (C=O) groups is 2.